The van der Waals surface area contributed by atoms with Crippen LogP contribution in [0.25, 0.3) is 5.65 Å². The molecule has 0 radical (unpaired) electrons. The summed E-state index contributed by atoms with van der Waals surface area (Å²) in [5.74, 6) is -2.43. The van der Waals surface area contributed by atoms with Gasteiger partial charge in [-0.2, -0.15) is 0 Å². The van der Waals surface area contributed by atoms with Crippen molar-refractivity contribution in [1.82, 2.24) is 14.4 Å². The molecule has 40 heavy (non-hydrogen) atoms. The van der Waals surface area contributed by atoms with Crippen LogP contribution in [0.15, 0.2) is 41.7 Å². The zero-order valence-electron chi connectivity index (χ0n) is 22.7. The van der Waals surface area contributed by atoms with Crippen molar-refractivity contribution in [3.05, 3.63) is 42.4 Å². The van der Waals surface area contributed by atoms with E-state index in [0.717, 1.165) is 25.9 Å². The van der Waals surface area contributed by atoms with Crippen LogP contribution >= 0.6 is 0 Å². The van der Waals surface area contributed by atoms with E-state index in [1.807, 2.05) is 0 Å². The predicted molar refractivity (Wildman–Crippen MR) is 149 cm³/mol. The molecule has 3 fully saturated rings. The Hall–Kier alpha value is -3.28. The van der Waals surface area contributed by atoms with E-state index in [1.54, 1.807) is 53.9 Å². The lowest BCUT2D eigenvalue weighted by molar-refractivity contribution is -0.0221. The quantitative estimate of drug-likeness (QED) is 0.454. The van der Waals surface area contributed by atoms with Gasteiger partial charge < -0.3 is 19.5 Å². The minimum atomic E-state index is -3.53. The van der Waals surface area contributed by atoms with Gasteiger partial charge >= 0.3 is 0 Å². The Balaban J connectivity index is 1.32. The number of fused-ring (bicyclic) bond motifs is 1. The van der Waals surface area contributed by atoms with E-state index in [2.05, 4.69) is 20.2 Å². The van der Waals surface area contributed by atoms with Gasteiger partial charge in [0.1, 0.15) is 0 Å². The first-order valence-corrected chi connectivity index (χ1v) is 15.4. The number of piperidine rings is 2. The summed E-state index contributed by atoms with van der Waals surface area (Å²) in [4.78, 5) is 26.7. The van der Waals surface area contributed by atoms with Crippen LogP contribution in [-0.2, 0) is 9.84 Å². The van der Waals surface area contributed by atoms with Gasteiger partial charge in [-0.1, -0.05) is 0 Å². The molecular weight excluding hydrogens is 538 g/mol. The summed E-state index contributed by atoms with van der Waals surface area (Å²) < 4.78 is 55.3. The number of benzene rings is 1. The van der Waals surface area contributed by atoms with Crippen molar-refractivity contribution in [2.24, 2.45) is 5.41 Å². The number of hydrogen-bond acceptors (Lipinski definition) is 7. The second kappa shape index (κ2) is 9.67. The fourth-order valence-corrected chi connectivity index (χ4v) is 6.81. The van der Waals surface area contributed by atoms with Crippen LogP contribution in [0.2, 0.25) is 0 Å². The van der Waals surface area contributed by atoms with Crippen molar-refractivity contribution < 1.29 is 22.0 Å². The van der Waals surface area contributed by atoms with Gasteiger partial charge in [-0.3, -0.25) is 4.79 Å². The first-order valence-electron chi connectivity index (χ1n) is 13.9. The van der Waals surface area contributed by atoms with Crippen molar-refractivity contribution in [3.63, 3.8) is 0 Å². The zero-order chi connectivity index (χ0) is 28.3. The van der Waals surface area contributed by atoms with Crippen LogP contribution in [0.1, 0.15) is 62.7 Å². The smallest absolute Gasteiger partial charge is 0.258 e. The lowest BCUT2D eigenvalue weighted by atomic mass is 9.93. The fraction of sp³-hybridized carbons (Fsp3) is 0.536. The van der Waals surface area contributed by atoms with Gasteiger partial charge in [0.05, 0.1) is 27.6 Å². The van der Waals surface area contributed by atoms with Crippen LogP contribution in [0.4, 0.5) is 26.1 Å². The molecule has 6 rings (SSSR count). The summed E-state index contributed by atoms with van der Waals surface area (Å²) >= 11 is 0. The summed E-state index contributed by atoms with van der Waals surface area (Å²) in [6.07, 6.45) is 8.90. The molecule has 9 nitrogen and oxygen atoms in total. The molecule has 1 aliphatic carbocycles. The molecule has 1 amide bonds. The van der Waals surface area contributed by atoms with Crippen molar-refractivity contribution >= 4 is 38.7 Å². The molecule has 3 aliphatic rings. The summed E-state index contributed by atoms with van der Waals surface area (Å²) in [6.45, 7) is 5.07. The molecule has 4 heterocycles. The van der Waals surface area contributed by atoms with E-state index < -0.39 is 26.9 Å². The van der Waals surface area contributed by atoms with Gasteiger partial charge in [0.2, 0.25) is 0 Å². The van der Waals surface area contributed by atoms with E-state index in [1.165, 1.54) is 18.9 Å². The second-order valence-corrected chi connectivity index (χ2v) is 14.2. The Morgan fingerprint density at radius 1 is 1.00 bits per heavy atom. The largest absolute Gasteiger partial charge is 0.371 e. The number of imidazole rings is 1. The summed E-state index contributed by atoms with van der Waals surface area (Å²) in [5.41, 5.74) is 1.90. The number of anilines is 3. The molecule has 12 heteroatoms. The number of aromatic nitrogens is 3. The Bertz CT molecular complexity index is 1550. The molecule has 1 spiro atoms. The molecule has 1 aromatic carbocycles. The highest BCUT2D eigenvalue weighted by Crippen LogP contribution is 2.54. The number of amides is 1. The van der Waals surface area contributed by atoms with Gasteiger partial charge in [0.15, 0.2) is 27.1 Å². The number of carbonyl (C=O) groups is 1. The maximum atomic E-state index is 13.8. The fourth-order valence-electron chi connectivity index (χ4n) is 5.73. The highest BCUT2D eigenvalue weighted by Gasteiger charge is 2.45. The second-order valence-electron chi connectivity index (χ2n) is 11.7. The summed E-state index contributed by atoms with van der Waals surface area (Å²) in [5, 5.41) is 2.29. The highest BCUT2D eigenvalue weighted by molar-refractivity contribution is 7.92. The van der Waals surface area contributed by atoms with E-state index in [9.17, 15) is 22.0 Å². The van der Waals surface area contributed by atoms with Crippen LogP contribution < -0.4 is 15.1 Å². The predicted octanol–water partition coefficient (Wildman–Crippen LogP) is 4.78. The maximum Gasteiger partial charge on any atom is 0.258 e. The van der Waals surface area contributed by atoms with Crippen LogP contribution in [0.5, 0.6) is 0 Å². The number of rotatable bonds is 6. The number of sulfone groups is 1. The first kappa shape index (κ1) is 26.9. The van der Waals surface area contributed by atoms with E-state index in [4.69, 9.17) is 0 Å². The van der Waals surface area contributed by atoms with E-state index in [-0.39, 0.29) is 36.6 Å². The topological polar surface area (TPSA) is 99.9 Å². The Kier molecular flexibility index (Phi) is 6.51. The molecule has 2 aromatic heterocycles. The third kappa shape index (κ3) is 5.02. The number of hydrogen-bond donors (Lipinski definition) is 1. The van der Waals surface area contributed by atoms with E-state index >= 15 is 0 Å². The summed E-state index contributed by atoms with van der Waals surface area (Å²) in [6, 6.07) is 4.69. The first-order chi connectivity index (χ1) is 19.0. The van der Waals surface area contributed by atoms with Crippen molar-refractivity contribution in [1.29, 1.82) is 0 Å². The lowest BCUT2D eigenvalue weighted by Gasteiger charge is -2.35. The maximum absolute atomic E-state index is 13.8. The van der Waals surface area contributed by atoms with Crippen molar-refractivity contribution in [3.8, 4) is 0 Å². The minimum Gasteiger partial charge on any atom is -0.371 e. The average molecular weight is 573 g/mol. The number of halogens is 2. The average Bonchev–Trinajstić information content (AvgIpc) is 3.50. The molecule has 2 aliphatic heterocycles. The van der Waals surface area contributed by atoms with Gasteiger partial charge in [0.25, 0.3) is 11.8 Å². The Morgan fingerprint density at radius 2 is 1.68 bits per heavy atom. The molecule has 1 saturated carbocycles. The summed E-state index contributed by atoms with van der Waals surface area (Å²) in [7, 11) is -3.53. The van der Waals surface area contributed by atoms with E-state index in [0.29, 0.717) is 28.1 Å². The monoisotopic (exact) mass is 572 g/mol. The molecule has 1 N–H and O–H groups in total. The standard InChI is InChI=1S/C28H34F2N6O3S/c1-19(2)40(38,39)20-3-4-21(22(17-20)34-12-7-27(5-6-27)8-13-34)26(37)33-23-18-36-16-11-31-24(36)25(32-23)35-14-9-28(29,30)10-15-35/h3-4,11,16-19H,5-10,12-15H2,1-2H3,(H,33,37). The SMILES string of the molecule is CC(C)S(=O)(=O)c1ccc(C(=O)Nc2cn3ccnc3c(N3CCC(F)(F)CC3)n2)c(N2CCC3(CC2)CC3)c1. The number of nitrogens with one attached hydrogen (secondary N) is 1. The molecule has 2 saturated heterocycles. The van der Waals surface area contributed by atoms with Gasteiger partial charge in [-0.05, 0) is 63.1 Å². The van der Waals surface area contributed by atoms with Crippen LogP contribution in [-0.4, -0.2) is 66.0 Å². The Morgan fingerprint density at radius 3 is 2.33 bits per heavy atom. The molecule has 214 valence electrons. The molecule has 0 bridgehead atoms. The third-order valence-corrected chi connectivity index (χ3v) is 10.8. The third-order valence-electron chi connectivity index (χ3n) is 8.68. The zero-order valence-corrected chi connectivity index (χ0v) is 23.6. The number of nitrogens with zero attached hydrogens (tertiary/aromatic N) is 5. The van der Waals surface area contributed by atoms with Crippen LogP contribution in [0, 0.1) is 5.41 Å². The highest BCUT2D eigenvalue weighted by atomic mass is 32.2. The Labute approximate surface area is 232 Å². The normalized spacial score (nSPS) is 20.3. The van der Waals surface area contributed by atoms with Gasteiger partial charge in [-0.15, -0.1) is 0 Å². The lowest BCUT2D eigenvalue weighted by Crippen LogP contribution is -2.40. The van der Waals surface area contributed by atoms with Crippen molar-refractivity contribution in [2.45, 2.75) is 68.4 Å². The van der Waals surface area contributed by atoms with Gasteiger partial charge in [-0.25, -0.2) is 27.2 Å². The number of alkyl halides is 2. The molecular formula is C28H34F2N6O3S. The molecule has 3 aromatic rings. The number of carbonyl (C=O) groups excluding carboxylic acids is 1. The molecule has 0 unspecified atom stereocenters. The molecule has 0 atom stereocenters. The van der Waals surface area contributed by atoms with Crippen molar-refractivity contribution in [2.75, 3.05) is 41.3 Å². The minimum absolute atomic E-state index is 0.131. The van der Waals surface area contributed by atoms with Crippen LogP contribution in [0.3, 0.4) is 0 Å². The van der Waals surface area contributed by atoms with Gasteiger partial charge in [0, 0.05) is 51.4 Å².